The molecule has 0 saturated heterocycles. The molecule has 0 amide bonds. The topological polar surface area (TPSA) is 56.0 Å². The first-order chi connectivity index (χ1) is 7.25. The van der Waals surface area contributed by atoms with Crippen molar-refractivity contribution in [3.05, 3.63) is 36.2 Å². The number of rotatable bonds is 3. The predicted octanol–water partition coefficient (Wildman–Crippen LogP) is 2.04. The number of carbonyl (C=O) groups is 1. The molecule has 1 heterocycles. The summed E-state index contributed by atoms with van der Waals surface area (Å²) in [5, 5.41) is 7.01. The van der Waals surface area contributed by atoms with E-state index < -0.39 is 5.24 Å². The van der Waals surface area contributed by atoms with Crippen LogP contribution in [-0.4, -0.2) is 15.4 Å². The number of hydrogen-bond donors (Lipinski definition) is 0. The summed E-state index contributed by atoms with van der Waals surface area (Å²) in [7, 11) is 0. The molecule has 2 aromatic rings. The first-order valence-electron chi connectivity index (χ1n) is 4.32. The molecule has 4 nitrogen and oxygen atoms in total. The third kappa shape index (κ3) is 2.41. The van der Waals surface area contributed by atoms with Crippen molar-refractivity contribution in [3.8, 4) is 11.5 Å². The van der Waals surface area contributed by atoms with Gasteiger partial charge in [-0.25, -0.2) is 0 Å². The first kappa shape index (κ1) is 9.86. The van der Waals surface area contributed by atoms with Crippen LogP contribution in [0.4, 0.5) is 0 Å². The van der Waals surface area contributed by atoms with E-state index in [1.165, 1.54) is 0 Å². The average Bonchev–Trinajstić information content (AvgIpc) is 2.67. The van der Waals surface area contributed by atoms with Gasteiger partial charge in [-0.1, -0.05) is 18.2 Å². The van der Waals surface area contributed by atoms with E-state index in [0.29, 0.717) is 5.89 Å². The van der Waals surface area contributed by atoms with Crippen molar-refractivity contribution in [2.75, 3.05) is 0 Å². The summed E-state index contributed by atoms with van der Waals surface area (Å²) >= 11 is 5.20. The number of carbonyl (C=O) groups excluding carboxylic acids is 1. The van der Waals surface area contributed by atoms with Crippen molar-refractivity contribution in [2.24, 2.45) is 0 Å². The van der Waals surface area contributed by atoms with E-state index in [0.717, 1.165) is 5.56 Å². The van der Waals surface area contributed by atoms with Crippen LogP contribution in [0.2, 0.25) is 0 Å². The molecule has 76 valence electrons. The van der Waals surface area contributed by atoms with Gasteiger partial charge < -0.3 is 4.42 Å². The van der Waals surface area contributed by atoms with Crippen LogP contribution in [0.1, 0.15) is 5.89 Å². The largest absolute Gasteiger partial charge is 0.420 e. The van der Waals surface area contributed by atoms with Gasteiger partial charge in [-0.2, -0.15) is 0 Å². The standard InChI is InChI=1S/C10H7ClN2O2/c11-8(14)6-9-12-13-10(15-9)7-4-2-1-3-5-7/h1-5H,6H2. The summed E-state index contributed by atoms with van der Waals surface area (Å²) < 4.78 is 5.25. The highest BCUT2D eigenvalue weighted by molar-refractivity contribution is 6.63. The highest BCUT2D eigenvalue weighted by Crippen LogP contribution is 2.17. The molecule has 0 aliphatic heterocycles. The van der Waals surface area contributed by atoms with Crippen molar-refractivity contribution in [1.82, 2.24) is 10.2 Å². The molecule has 1 aromatic carbocycles. The third-order valence-corrected chi connectivity index (χ3v) is 1.91. The molecule has 0 aliphatic rings. The van der Waals surface area contributed by atoms with Gasteiger partial charge in [0.15, 0.2) is 0 Å². The molecule has 0 spiro atoms. The Balaban J connectivity index is 2.24. The van der Waals surface area contributed by atoms with E-state index in [9.17, 15) is 4.79 Å². The Kier molecular flexibility index (Phi) is 2.78. The van der Waals surface area contributed by atoms with Crippen LogP contribution in [0.5, 0.6) is 0 Å². The van der Waals surface area contributed by atoms with Gasteiger partial charge in [0.1, 0.15) is 6.42 Å². The van der Waals surface area contributed by atoms with Gasteiger partial charge in [-0.05, 0) is 23.7 Å². The molecule has 0 aliphatic carbocycles. The zero-order valence-electron chi connectivity index (χ0n) is 7.68. The maximum atomic E-state index is 10.6. The molecule has 0 radical (unpaired) electrons. The lowest BCUT2D eigenvalue weighted by Gasteiger charge is -1.91. The molecule has 2 rings (SSSR count). The zero-order chi connectivity index (χ0) is 10.7. The summed E-state index contributed by atoms with van der Waals surface area (Å²) in [5.41, 5.74) is 0.818. The van der Waals surface area contributed by atoms with E-state index in [-0.39, 0.29) is 12.3 Å². The fourth-order valence-electron chi connectivity index (χ4n) is 1.14. The molecule has 0 saturated carbocycles. The Morgan fingerprint density at radius 2 is 2.00 bits per heavy atom. The molecule has 0 fully saturated rings. The third-order valence-electron chi connectivity index (χ3n) is 1.78. The highest BCUT2D eigenvalue weighted by Gasteiger charge is 2.10. The summed E-state index contributed by atoms with van der Waals surface area (Å²) in [6.45, 7) is 0. The Bertz CT molecular complexity index is 467. The molecule has 1 aromatic heterocycles. The monoisotopic (exact) mass is 222 g/mol. The molecule has 0 bridgehead atoms. The summed E-state index contributed by atoms with van der Waals surface area (Å²) in [5.74, 6) is 0.623. The second-order valence-electron chi connectivity index (χ2n) is 2.90. The Morgan fingerprint density at radius 3 is 2.67 bits per heavy atom. The van der Waals surface area contributed by atoms with Gasteiger partial charge in [0.2, 0.25) is 17.0 Å². The Labute approximate surface area is 90.9 Å². The predicted molar refractivity (Wildman–Crippen MR) is 54.3 cm³/mol. The average molecular weight is 223 g/mol. The summed E-state index contributed by atoms with van der Waals surface area (Å²) in [4.78, 5) is 10.6. The van der Waals surface area contributed by atoms with Crippen LogP contribution in [0.25, 0.3) is 11.5 Å². The molecule has 0 atom stereocenters. The van der Waals surface area contributed by atoms with Crippen LogP contribution in [0.15, 0.2) is 34.7 Å². The van der Waals surface area contributed by atoms with E-state index in [2.05, 4.69) is 10.2 Å². The first-order valence-corrected chi connectivity index (χ1v) is 4.69. The lowest BCUT2D eigenvalue weighted by Crippen LogP contribution is -1.92. The van der Waals surface area contributed by atoms with Gasteiger partial charge in [-0.15, -0.1) is 10.2 Å². The lowest BCUT2D eigenvalue weighted by molar-refractivity contribution is -0.111. The van der Waals surface area contributed by atoms with Gasteiger partial charge in [0.05, 0.1) is 0 Å². The smallest absolute Gasteiger partial charge is 0.247 e. The van der Waals surface area contributed by atoms with E-state index in [1.54, 1.807) is 0 Å². The number of aromatic nitrogens is 2. The Morgan fingerprint density at radius 1 is 1.27 bits per heavy atom. The number of halogens is 1. The van der Waals surface area contributed by atoms with E-state index >= 15 is 0 Å². The second kappa shape index (κ2) is 4.23. The molecular formula is C10H7ClN2O2. The van der Waals surface area contributed by atoms with Crippen LogP contribution in [-0.2, 0) is 11.2 Å². The zero-order valence-corrected chi connectivity index (χ0v) is 8.44. The van der Waals surface area contributed by atoms with Crippen molar-refractivity contribution in [1.29, 1.82) is 0 Å². The molecule has 0 unspecified atom stereocenters. The minimum atomic E-state index is -0.515. The Hall–Kier alpha value is -1.68. The van der Waals surface area contributed by atoms with Gasteiger partial charge in [-0.3, -0.25) is 4.79 Å². The number of nitrogens with zero attached hydrogens (tertiary/aromatic N) is 2. The van der Waals surface area contributed by atoms with Crippen LogP contribution in [0.3, 0.4) is 0 Å². The maximum absolute atomic E-state index is 10.6. The summed E-state index contributed by atoms with van der Waals surface area (Å²) in [6, 6.07) is 9.32. The number of hydrogen-bond acceptors (Lipinski definition) is 4. The van der Waals surface area contributed by atoms with Crippen molar-refractivity contribution in [3.63, 3.8) is 0 Å². The van der Waals surface area contributed by atoms with Crippen LogP contribution < -0.4 is 0 Å². The second-order valence-corrected chi connectivity index (χ2v) is 3.32. The van der Waals surface area contributed by atoms with Gasteiger partial charge in [0, 0.05) is 5.56 Å². The van der Waals surface area contributed by atoms with Gasteiger partial charge >= 0.3 is 0 Å². The fourth-order valence-corrected chi connectivity index (χ4v) is 1.26. The van der Waals surface area contributed by atoms with E-state index in [1.807, 2.05) is 30.3 Å². The fraction of sp³-hybridized carbons (Fsp3) is 0.100. The molecule has 5 heteroatoms. The van der Waals surface area contributed by atoms with Crippen LogP contribution in [0, 0.1) is 0 Å². The lowest BCUT2D eigenvalue weighted by atomic mass is 10.2. The van der Waals surface area contributed by atoms with Crippen molar-refractivity contribution >= 4 is 16.8 Å². The van der Waals surface area contributed by atoms with Crippen molar-refractivity contribution < 1.29 is 9.21 Å². The number of benzene rings is 1. The molecule has 15 heavy (non-hydrogen) atoms. The van der Waals surface area contributed by atoms with Gasteiger partial charge in [0.25, 0.3) is 0 Å². The minimum Gasteiger partial charge on any atom is -0.420 e. The SMILES string of the molecule is O=C(Cl)Cc1nnc(-c2ccccc2)o1. The molecule has 0 N–H and O–H groups in total. The quantitative estimate of drug-likeness (QED) is 0.746. The normalized spacial score (nSPS) is 10.2. The van der Waals surface area contributed by atoms with Crippen molar-refractivity contribution in [2.45, 2.75) is 6.42 Å². The van der Waals surface area contributed by atoms with E-state index in [4.69, 9.17) is 16.0 Å². The maximum Gasteiger partial charge on any atom is 0.247 e. The van der Waals surface area contributed by atoms with Crippen LogP contribution >= 0.6 is 11.6 Å². The molecular weight excluding hydrogens is 216 g/mol. The minimum absolute atomic E-state index is 0.0403. The highest BCUT2D eigenvalue weighted by atomic mass is 35.5. The summed E-state index contributed by atoms with van der Waals surface area (Å²) in [6.07, 6.45) is -0.0403.